The largest absolute Gasteiger partial charge is 0.357 e. The maximum atomic E-state index is 12.6. The lowest BCUT2D eigenvalue weighted by Gasteiger charge is -2.18. The summed E-state index contributed by atoms with van der Waals surface area (Å²) in [7, 11) is 1.53. The summed E-state index contributed by atoms with van der Waals surface area (Å²) in [5, 5.41) is 9.30. The molecule has 1 unspecified atom stereocenters. The number of likely N-dealkylation sites (N-methyl/N-ethyl adjacent to an activating group) is 1. The molecule has 8 nitrogen and oxygen atoms in total. The van der Waals surface area contributed by atoms with Crippen molar-refractivity contribution in [2.45, 2.75) is 6.04 Å². The highest BCUT2D eigenvalue weighted by Crippen LogP contribution is 2.14. The molecule has 0 fully saturated rings. The van der Waals surface area contributed by atoms with Gasteiger partial charge in [0.15, 0.2) is 5.82 Å². The van der Waals surface area contributed by atoms with Crippen LogP contribution in [0.2, 0.25) is 0 Å². The third kappa shape index (κ3) is 3.69. The fraction of sp³-hybridized carbons (Fsp3) is 0.118. The van der Waals surface area contributed by atoms with Crippen molar-refractivity contribution in [1.82, 2.24) is 30.4 Å². The molecule has 25 heavy (non-hydrogen) atoms. The average molecular weight is 336 g/mol. The van der Waals surface area contributed by atoms with E-state index in [-0.39, 0.29) is 11.8 Å². The summed E-state index contributed by atoms with van der Waals surface area (Å²) in [6.45, 7) is 0. The molecule has 0 aliphatic carbocycles. The van der Waals surface area contributed by atoms with Crippen LogP contribution < -0.4 is 10.6 Å². The lowest BCUT2D eigenvalue weighted by Crippen LogP contribution is -2.39. The van der Waals surface area contributed by atoms with E-state index < -0.39 is 6.04 Å². The summed E-state index contributed by atoms with van der Waals surface area (Å²) >= 11 is 0. The highest BCUT2D eigenvalue weighted by atomic mass is 16.2. The third-order valence-electron chi connectivity index (χ3n) is 3.58. The first-order valence-corrected chi connectivity index (χ1v) is 7.57. The summed E-state index contributed by atoms with van der Waals surface area (Å²) in [6, 6.07) is 11.4. The Morgan fingerprint density at radius 2 is 1.96 bits per heavy atom. The number of hydrogen-bond donors (Lipinski definition) is 2. The molecule has 0 aliphatic rings. The van der Waals surface area contributed by atoms with Crippen LogP contribution >= 0.6 is 0 Å². The zero-order valence-corrected chi connectivity index (χ0v) is 13.5. The second kappa shape index (κ2) is 7.35. The van der Waals surface area contributed by atoms with Crippen molar-refractivity contribution in [3.05, 3.63) is 72.4 Å². The minimum atomic E-state index is -0.790. The molecular formula is C17H16N6O2. The second-order valence-corrected chi connectivity index (χ2v) is 5.17. The van der Waals surface area contributed by atoms with Crippen LogP contribution in [0.5, 0.6) is 0 Å². The zero-order valence-electron chi connectivity index (χ0n) is 13.5. The van der Waals surface area contributed by atoms with Gasteiger partial charge in [0.2, 0.25) is 5.91 Å². The van der Waals surface area contributed by atoms with Gasteiger partial charge in [0.25, 0.3) is 5.91 Å². The molecule has 0 spiro atoms. The number of nitrogens with zero attached hydrogens (tertiary/aromatic N) is 4. The lowest BCUT2D eigenvalue weighted by atomic mass is 10.1. The van der Waals surface area contributed by atoms with Gasteiger partial charge >= 0.3 is 0 Å². The molecule has 1 atom stereocenters. The van der Waals surface area contributed by atoms with Crippen molar-refractivity contribution in [3.8, 4) is 5.82 Å². The molecule has 8 heteroatoms. The van der Waals surface area contributed by atoms with Gasteiger partial charge < -0.3 is 10.6 Å². The van der Waals surface area contributed by atoms with Gasteiger partial charge in [0.1, 0.15) is 18.7 Å². The van der Waals surface area contributed by atoms with Gasteiger partial charge in [0.05, 0.1) is 0 Å². The Balaban J connectivity index is 1.85. The first-order valence-electron chi connectivity index (χ1n) is 7.57. The molecule has 0 saturated carbocycles. The van der Waals surface area contributed by atoms with Crippen LogP contribution in [0, 0.1) is 0 Å². The van der Waals surface area contributed by atoms with Crippen LogP contribution in [-0.4, -0.2) is 38.6 Å². The van der Waals surface area contributed by atoms with Crippen molar-refractivity contribution in [2.24, 2.45) is 0 Å². The molecule has 126 valence electrons. The normalized spacial score (nSPS) is 11.6. The summed E-state index contributed by atoms with van der Waals surface area (Å²) in [4.78, 5) is 32.8. The molecular weight excluding hydrogens is 320 g/mol. The van der Waals surface area contributed by atoms with Crippen LogP contribution in [0.15, 0.2) is 61.3 Å². The van der Waals surface area contributed by atoms with Crippen molar-refractivity contribution in [3.63, 3.8) is 0 Å². The summed E-state index contributed by atoms with van der Waals surface area (Å²) in [6.07, 6.45) is 4.37. The van der Waals surface area contributed by atoms with E-state index in [1.54, 1.807) is 24.3 Å². The number of carbonyl (C=O) groups excluding carboxylic acids is 2. The number of aromatic nitrogens is 4. The van der Waals surface area contributed by atoms with Crippen molar-refractivity contribution in [2.75, 3.05) is 7.05 Å². The van der Waals surface area contributed by atoms with E-state index in [9.17, 15) is 9.59 Å². The van der Waals surface area contributed by atoms with Crippen LogP contribution in [0.3, 0.4) is 0 Å². The standard InChI is InChI=1S/C17H16N6O2/c1-18-17(25)15(12-5-3-2-4-6-12)22-16(24)13-7-8-20-14(9-13)23-11-19-10-21-23/h2-11,15H,1H3,(H,18,25)(H,22,24). The smallest absolute Gasteiger partial charge is 0.252 e. The minimum Gasteiger partial charge on any atom is -0.357 e. The van der Waals surface area contributed by atoms with E-state index in [0.29, 0.717) is 16.9 Å². The van der Waals surface area contributed by atoms with E-state index in [0.717, 1.165) is 0 Å². The van der Waals surface area contributed by atoms with Gasteiger partial charge in [-0.1, -0.05) is 30.3 Å². The molecule has 2 amide bonds. The Labute approximate surface area is 143 Å². The molecule has 0 radical (unpaired) electrons. The Bertz CT molecular complexity index is 864. The highest BCUT2D eigenvalue weighted by molar-refractivity contribution is 5.98. The molecule has 3 rings (SSSR count). The molecule has 2 N–H and O–H groups in total. The number of carbonyl (C=O) groups is 2. The maximum Gasteiger partial charge on any atom is 0.252 e. The first kappa shape index (κ1) is 16.3. The minimum absolute atomic E-state index is 0.301. The predicted molar refractivity (Wildman–Crippen MR) is 89.9 cm³/mol. The average Bonchev–Trinajstić information content (AvgIpc) is 3.21. The van der Waals surface area contributed by atoms with E-state index in [1.807, 2.05) is 18.2 Å². The summed E-state index contributed by atoms with van der Waals surface area (Å²) in [5.41, 5.74) is 1.06. The van der Waals surface area contributed by atoms with Crippen LogP contribution in [0.4, 0.5) is 0 Å². The fourth-order valence-electron chi connectivity index (χ4n) is 2.32. The molecule has 0 bridgehead atoms. The maximum absolute atomic E-state index is 12.6. The van der Waals surface area contributed by atoms with Gasteiger partial charge in [0, 0.05) is 18.8 Å². The quantitative estimate of drug-likeness (QED) is 0.720. The Morgan fingerprint density at radius 1 is 1.16 bits per heavy atom. The van der Waals surface area contributed by atoms with Gasteiger partial charge in [-0.25, -0.2) is 14.6 Å². The first-order chi connectivity index (χ1) is 12.2. The van der Waals surface area contributed by atoms with Gasteiger partial charge in [-0.3, -0.25) is 9.59 Å². The zero-order chi connectivity index (χ0) is 17.6. The second-order valence-electron chi connectivity index (χ2n) is 5.17. The van der Waals surface area contributed by atoms with E-state index in [4.69, 9.17) is 0 Å². The number of amides is 2. The molecule has 3 aromatic rings. The van der Waals surface area contributed by atoms with Gasteiger partial charge in [-0.2, -0.15) is 5.10 Å². The van der Waals surface area contributed by atoms with E-state index in [2.05, 4.69) is 25.7 Å². The monoisotopic (exact) mass is 336 g/mol. The van der Waals surface area contributed by atoms with Crippen LogP contribution in [0.1, 0.15) is 22.0 Å². The van der Waals surface area contributed by atoms with Crippen molar-refractivity contribution in [1.29, 1.82) is 0 Å². The number of benzene rings is 1. The summed E-state index contributed by atoms with van der Waals surface area (Å²) in [5.74, 6) is -0.229. The Morgan fingerprint density at radius 3 is 2.64 bits per heavy atom. The van der Waals surface area contributed by atoms with Gasteiger partial charge in [-0.05, 0) is 17.7 Å². The molecule has 0 saturated heterocycles. The van der Waals surface area contributed by atoms with E-state index >= 15 is 0 Å². The van der Waals surface area contributed by atoms with Crippen LogP contribution in [0.25, 0.3) is 5.82 Å². The molecule has 0 aliphatic heterocycles. The lowest BCUT2D eigenvalue weighted by molar-refractivity contribution is -0.122. The predicted octanol–water partition coefficient (Wildman–Crippen LogP) is 0.879. The van der Waals surface area contributed by atoms with E-state index in [1.165, 1.54) is 30.6 Å². The molecule has 2 aromatic heterocycles. The third-order valence-corrected chi connectivity index (χ3v) is 3.58. The molecule has 2 heterocycles. The Kier molecular flexibility index (Phi) is 4.79. The highest BCUT2D eigenvalue weighted by Gasteiger charge is 2.22. The number of rotatable bonds is 5. The SMILES string of the molecule is CNC(=O)C(NC(=O)c1ccnc(-n2cncn2)c1)c1ccccc1. The number of pyridine rings is 1. The van der Waals surface area contributed by atoms with Crippen LogP contribution in [-0.2, 0) is 4.79 Å². The van der Waals surface area contributed by atoms with Crippen molar-refractivity contribution < 1.29 is 9.59 Å². The number of hydrogen-bond acceptors (Lipinski definition) is 5. The number of nitrogens with one attached hydrogen (secondary N) is 2. The van der Waals surface area contributed by atoms with Crippen molar-refractivity contribution >= 4 is 11.8 Å². The fourth-order valence-corrected chi connectivity index (χ4v) is 2.32. The topological polar surface area (TPSA) is 102 Å². The summed E-state index contributed by atoms with van der Waals surface area (Å²) < 4.78 is 1.45. The Hall–Kier alpha value is -3.55. The van der Waals surface area contributed by atoms with Gasteiger partial charge in [-0.15, -0.1) is 0 Å². The molecule has 1 aromatic carbocycles.